The first-order valence-corrected chi connectivity index (χ1v) is 11.3. The Morgan fingerprint density at radius 3 is 2.69 bits per heavy atom. The number of thiophene rings is 1. The van der Waals surface area contributed by atoms with Crippen LogP contribution in [0.1, 0.15) is 59.9 Å². The summed E-state index contributed by atoms with van der Waals surface area (Å²) < 4.78 is 0. The Morgan fingerprint density at radius 2 is 1.93 bits per heavy atom. The molecule has 2 fully saturated rings. The molecule has 2 aliphatic rings. The summed E-state index contributed by atoms with van der Waals surface area (Å²) in [4.78, 5) is 35.5. The Bertz CT molecular complexity index is 906. The van der Waals surface area contributed by atoms with Crippen molar-refractivity contribution >= 4 is 39.1 Å². The molecular weight excluding hydrogens is 386 g/mol. The van der Waals surface area contributed by atoms with Crippen LogP contribution in [0.15, 0.2) is 12.1 Å². The Labute approximate surface area is 175 Å². The molecule has 2 amide bonds. The number of hydrogen-bond acceptors (Lipinski definition) is 6. The number of hydrogen-bond donors (Lipinski definition) is 2. The molecule has 3 N–H and O–H groups in total. The number of likely N-dealkylation sites (tertiary alicyclic amines) is 2. The highest BCUT2D eigenvalue weighted by molar-refractivity contribution is 7.21. The van der Waals surface area contributed by atoms with E-state index in [0.29, 0.717) is 17.1 Å². The smallest absolute Gasteiger partial charge is 0.263 e. The lowest BCUT2D eigenvalue weighted by molar-refractivity contribution is -0.136. The highest BCUT2D eigenvalue weighted by Gasteiger charge is 2.30. The molecule has 29 heavy (non-hydrogen) atoms. The van der Waals surface area contributed by atoms with E-state index < -0.39 is 0 Å². The zero-order chi connectivity index (χ0) is 20.4. The van der Waals surface area contributed by atoms with Gasteiger partial charge in [-0.2, -0.15) is 0 Å². The quantitative estimate of drug-likeness (QED) is 0.801. The summed E-state index contributed by atoms with van der Waals surface area (Å²) in [7, 11) is 1.60. The lowest BCUT2D eigenvalue weighted by atomic mass is 9.98. The highest BCUT2D eigenvalue weighted by atomic mass is 32.1. The first-order valence-electron chi connectivity index (χ1n) is 10.5. The Hall–Kier alpha value is -2.19. The number of fused-ring (bicyclic) bond motifs is 1. The van der Waals surface area contributed by atoms with Crippen LogP contribution < -0.4 is 11.1 Å². The molecule has 1 atom stereocenters. The second-order valence-corrected chi connectivity index (χ2v) is 8.95. The topological polar surface area (TPSA) is 91.6 Å². The number of piperidine rings is 2. The number of nitrogens with one attached hydrogen (secondary N) is 1. The fourth-order valence-electron chi connectivity index (χ4n) is 4.42. The SMILES string of the molecule is CNC(=O)c1sc2nc([C@@H]3CCCCN3C(=O)CN3CCCCC3)ccc2c1N. The standard InChI is InChI=1S/C21H29N5O2S/c1-23-20(28)19-18(22)14-8-9-15(24-21(14)29-19)16-7-3-6-12-26(16)17(27)13-25-10-4-2-5-11-25/h8-9,16H,2-7,10-13,22H2,1H3,(H,23,28)/t16-/m0/s1. The summed E-state index contributed by atoms with van der Waals surface area (Å²) in [5.41, 5.74) is 7.54. The van der Waals surface area contributed by atoms with E-state index in [0.717, 1.165) is 54.8 Å². The summed E-state index contributed by atoms with van der Waals surface area (Å²) in [6.45, 7) is 3.33. The first-order chi connectivity index (χ1) is 14.1. The van der Waals surface area contributed by atoms with Gasteiger partial charge in [0.15, 0.2) is 0 Å². The van der Waals surface area contributed by atoms with Crippen molar-refractivity contribution in [2.24, 2.45) is 0 Å². The fourth-order valence-corrected chi connectivity index (χ4v) is 5.46. The summed E-state index contributed by atoms with van der Waals surface area (Å²) >= 11 is 1.31. The maximum absolute atomic E-state index is 13.1. The van der Waals surface area contributed by atoms with Gasteiger partial charge in [0, 0.05) is 19.0 Å². The molecule has 0 unspecified atom stereocenters. The second kappa shape index (κ2) is 8.67. The molecule has 0 aromatic carbocycles. The first kappa shape index (κ1) is 20.1. The van der Waals surface area contributed by atoms with E-state index in [1.807, 2.05) is 17.0 Å². The van der Waals surface area contributed by atoms with Crippen molar-refractivity contribution in [3.05, 3.63) is 22.7 Å². The molecule has 0 radical (unpaired) electrons. The van der Waals surface area contributed by atoms with Crippen molar-refractivity contribution in [2.75, 3.05) is 39.0 Å². The van der Waals surface area contributed by atoms with E-state index in [4.69, 9.17) is 10.7 Å². The molecule has 0 bridgehead atoms. The van der Waals surface area contributed by atoms with E-state index in [1.54, 1.807) is 7.05 Å². The van der Waals surface area contributed by atoms with Crippen LogP contribution in [0.3, 0.4) is 0 Å². The second-order valence-electron chi connectivity index (χ2n) is 7.95. The number of pyridine rings is 1. The van der Waals surface area contributed by atoms with Crippen molar-refractivity contribution < 1.29 is 9.59 Å². The predicted molar refractivity (Wildman–Crippen MR) is 116 cm³/mol. The van der Waals surface area contributed by atoms with Crippen molar-refractivity contribution in [1.82, 2.24) is 20.1 Å². The molecule has 2 aromatic rings. The maximum Gasteiger partial charge on any atom is 0.263 e. The third-order valence-corrected chi connectivity index (χ3v) is 7.13. The molecule has 2 saturated heterocycles. The normalized spacial score (nSPS) is 20.7. The fraction of sp³-hybridized carbons (Fsp3) is 0.571. The van der Waals surface area contributed by atoms with Crippen LogP contribution in [-0.4, -0.2) is 59.8 Å². The van der Waals surface area contributed by atoms with Gasteiger partial charge in [0.2, 0.25) is 5.91 Å². The number of anilines is 1. The number of amides is 2. The van der Waals surface area contributed by atoms with E-state index in [2.05, 4.69) is 10.2 Å². The molecule has 4 rings (SSSR count). The number of carbonyl (C=O) groups excluding carboxylic acids is 2. The lowest BCUT2D eigenvalue weighted by Crippen LogP contribution is -2.45. The molecule has 156 valence electrons. The predicted octanol–water partition coefficient (Wildman–Crippen LogP) is 2.78. The summed E-state index contributed by atoms with van der Waals surface area (Å²) in [6, 6.07) is 3.91. The average Bonchev–Trinajstić information content (AvgIpc) is 3.09. The number of nitrogens with zero attached hydrogens (tertiary/aromatic N) is 3. The Kier molecular flexibility index (Phi) is 6.01. The van der Waals surface area contributed by atoms with Crippen LogP contribution >= 0.6 is 11.3 Å². The van der Waals surface area contributed by atoms with Crippen molar-refractivity contribution in [3.63, 3.8) is 0 Å². The van der Waals surface area contributed by atoms with Crippen LogP contribution in [0, 0.1) is 0 Å². The number of nitrogens with two attached hydrogens (primary N) is 1. The molecule has 7 nitrogen and oxygen atoms in total. The van der Waals surface area contributed by atoms with Gasteiger partial charge in [-0.3, -0.25) is 14.5 Å². The number of nitrogen functional groups attached to an aromatic ring is 1. The molecule has 4 heterocycles. The van der Waals surface area contributed by atoms with Crippen LogP contribution in [0.5, 0.6) is 0 Å². The molecule has 2 aromatic heterocycles. The molecule has 0 spiro atoms. The minimum atomic E-state index is -0.192. The number of rotatable bonds is 4. The van der Waals surface area contributed by atoms with Gasteiger partial charge in [-0.25, -0.2) is 4.98 Å². The summed E-state index contributed by atoms with van der Waals surface area (Å²) in [5, 5.41) is 3.43. The van der Waals surface area contributed by atoms with E-state index in [9.17, 15) is 9.59 Å². The Morgan fingerprint density at radius 1 is 1.17 bits per heavy atom. The van der Waals surface area contributed by atoms with E-state index >= 15 is 0 Å². The summed E-state index contributed by atoms with van der Waals surface area (Å²) in [6.07, 6.45) is 6.69. The van der Waals surface area contributed by atoms with E-state index in [-0.39, 0.29) is 17.9 Å². The van der Waals surface area contributed by atoms with Crippen LogP contribution in [0.25, 0.3) is 10.2 Å². The molecule has 0 aliphatic carbocycles. The van der Waals surface area contributed by atoms with E-state index in [1.165, 1.54) is 30.6 Å². The highest BCUT2D eigenvalue weighted by Crippen LogP contribution is 2.36. The minimum Gasteiger partial charge on any atom is -0.397 e. The lowest BCUT2D eigenvalue weighted by Gasteiger charge is -2.37. The van der Waals surface area contributed by atoms with Crippen molar-refractivity contribution in [1.29, 1.82) is 0 Å². The average molecular weight is 416 g/mol. The van der Waals surface area contributed by atoms with Gasteiger partial charge in [0.1, 0.15) is 9.71 Å². The van der Waals surface area contributed by atoms with Crippen LogP contribution in [0.4, 0.5) is 5.69 Å². The molecule has 2 aliphatic heterocycles. The third-order valence-electron chi connectivity index (χ3n) is 6.02. The Balaban J connectivity index is 1.58. The number of carbonyl (C=O) groups is 2. The third kappa shape index (κ3) is 4.09. The molecule has 8 heteroatoms. The van der Waals surface area contributed by atoms with Gasteiger partial charge in [-0.1, -0.05) is 6.42 Å². The van der Waals surface area contributed by atoms with Crippen molar-refractivity contribution in [2.45, 2.75) is 44.6 Å². The zero-order valence-corrected chi connectivity index (χ0v) is 17.8. The molecular formula is C21H29N5O2S. The van der Waals surface area contributed by atoms with Crippen LogP contribution in [0.2, 0.25) is 0 Å². The van der Waals surface area contributed by atoms with Gasteiger partial charge in [-0.05, 0) is 57.3 Å². The largest absolute Gasteiger partial charge is 0.397 e. The zero-order valence-electron chi connectivity index (χ0n) is 16.9. The van der Waals surface area contributed by atoms with Gasteiger partial charge >= 0.3 is 0 Å². The minimum absolute atomic E-state index is 0.00258. The number of aromatic nitrogens is 1. The maximum atomic E-state index is 13.1. The van der Waals surface area contributed by atoms with Crippen LogP contribution in [-0.2, 0) is 4.79 Å². The van der Waals surface area contributed by atoms with Gasteiger partial charge in [-0.15, -0.1) is 11.3 Å². The van der Waals surface area contributed by atoms with Crippen molar-refractivity contribution in [3.8, 4) is 0 Å². The summed E-state index contributed by atoms with van der Waals surface area (Å²) in [5.74, 6) is 0.0123. The van der Waals surface area contributed by atoms with Gasteiger partial charge in [0.05, 0.1) is 24.0 Å². The molecule has 0 saturated carbocycles. The van der Waals surface area contributed by atoms with Gasteiger partial charge in [0.25, 0.3) is 5.91 Å². The monoisotopic (exact) mass is 415 g/mol. The van der Waals surface area contributed by atoms with Gasteiger partial charge < -0.3 is 16.0 Å².